The molecule has 1 aromatic carbocycles. The second kappa shape index (κ2) is 5.80. The van der Waals surface area contributed by atoms with Crippen LogP contribution in [0.3, 0.4) is 0 Å². The van der Waals surface area contributed by atoms with Crippen LogP contribution in [0.1, 0.15) is 21.9 Å². The van der Waals surface area contributed by atoms with Crippen molar-refractivity contribution in [1.82, 2.24) is 9.97 Å². The molecule has 1 aromatic heterocycles. The van der Waals surface area contributed by atoms with Crippen molar-refractivity contribution in [2.45, 2.75) is 11.3 Å². The third kappa shape index (κ3) is 3.54. The molecule has 0 saturated carbocycles. The summed E-state index contributed by atoms with van der Waals surface area (Å²) in [7, 11) is -3.72. The lowest BCUT2D eigenvalue weighted by Crippen LogP contribution is -2.21. The van der Waals surface area contributed by atoms with Crippen LogP contribution in [0.4, 0.5) is 4.39 Å². The number of amides is 1. The molecule has 2 aromatic rings. The lowest BCUT2D eigenvalue weighted by atomic mass is 10.1. The molecule has 10 heteroatoms. The number of rotatable bonds is 4. The van der Waals surface area contributed by atoms with E-state index in [1.807, 2.05) is 0 Å². The first-order chi connectivity index (χ1) is 10.6. The van der Waals surface area contributed by atoms with Gasteiger partial charge in [0.1, 0.15) is 11.6 Å². The van der Waals surface area contributed by atoms with Crippen LogP contribution in [0.5, 0.6) is 5.75 Å². The van der Waals surface area contributed by atoms with Gasteiger partial charge < -0.3 is 15.8 Å². The van der Waals surface area contributed by atoms with E-state index in [4.69, 9.17) is 5.73 Å². The number of sulfone groups is 1. The summed E-state index contributed by atoms with van der Waals surface area (Å²) in [5.41, 5.74) is 3.54. The summed E-state index contributed by atoms with van der Waals surface area (Å²) in [4.78, 5) is 28.3. The minimum atomic E-state index is -3.72. The minimum absolute atomic E-state index is 0.0990. The summed E-state index contributed by atoms with van der Waals surface area (Å²) < 4.78 is 36.7. The molecule has 0 aliphatic carbocycles. The van der Waals surface area contributed by atoms with Gasteiger partial charge >= 0.3 is 0 Å². The Morgan fingerprint density at radius 3 is 2.65 bits per heavy atom. The van der Waals surface area contributed by atoms with Gasteiger partial charge in [-0.25, -0.2) is 17.8 Å². The second-order valence-corrected chi connectivity index (χ2v) is 6.76. The summed E-state index contributed by atoms with van der Waals surface area (Å²) in [6.07, 6.45) is 0.700. The van der Waals surface area contributed by atoms with Crippen LogP contribution in [-0.2, 0) is 16.3 Å². The normalized spacial score (nSPS) is 11.4. The molecule has 1 heterocycles. The molecule has 2 rings (SSSR count). The number of benzene rings is 1. The first-order valence-corrected chi connectivity index (χ1v) is 8.09. The van der Waals surface area contributed by atoms with Crippen molar-refractivity contribution in [3.8, 4) is 5.75 Å². The van der Waals surface area contributed by atoms with Crippen molar-refractivity contribution in [3.05, 3.63) is 51.5 Å². The molecule has 0 fully saturated rings. The lowest BCUT2D eigenvalue weighted by molar-refractivity contribution is 0.0992. The van der Waals surface area contributed by atoms with E-state index in [2.05, 4.69) is 9.97 Å². The molecule has 0 radical (unpaired) electrons. The number of halogens is 1. The van der Waals surface area contributed by atoms with Gasteiger partial charge in [0.15, 0.2) is 15.5 Å². The largest absolute Gasteiger partial charge is 0.501 e. The molecule has 0 bridgehead atoms. The third-order valence-electron chi connectivity index (χ3n) is 2.96. The molecule has 4 N–H and O–H groups in total. The Morgan fingerprint density at radius 2 is 2.09 bits per heavy atom. The van der Waals surface area contributed by atoms with Crippen molar-refractivity contribution < 1.29 is 22.7 Å². The molecular formula is C13H12FN3O5S. The third-order valence-corrected chi connectivity index (χ3v) is 4.14. The number of carbonyl (C=O) groups excluding carboxylic acids is 1. The zero-order valence-electron chi connectivity index (χ0n) is 11.8. The van der Waals surface area contributed by atoms with E-state index >= 15 is 0 Å². The maximum Gasteiger partial charge on any atom is 0.293 e. The zero-order valence-corrected chi connectivity index (χ0v) is 12.6. The predicted molar refractivity (Wildman–Crippen MR) is 77.4 cm³/mol. The van der Waals surface area contributed by atoms with Crippen molar-refractivity contribution in [2.75, 3.05) is 6.26 Å². The molecule has 0 spiro atoms. The molecule has 0 aliphatic heterocycles. The number of hydrogen-bond acceptors (Lipinski definition) is 6. The Bertz CT molecular complexity index is 953. The number of hydrogen-bond donors (Lipinski definition) is 3. The summed E-state index contributed by atoms with van der Waals surface area (Å²) in [5.74, 6) is -2.88. The number of H-pyrrole nitrogens is 1. The molecule has 0 saturated heterocycles. The van der Waals surface area contributed by atoms with Gasteiger partial charge in [0, 0.05) is 12.7 Å². The van der Waals surface area contributed by atoms with E-state index in [0.29, 0.717) is 0 Å². The predicted octanol–water partition coefficient (Wildman–Crippen LogP) is -0.292. The highest BCUT2D eigenvalue weighted by Gasteiger charge is 2.18. The van der Waals surface area contributed by atoms with Gasteiger partial charge in [0.2, 0.25) is 5.75 Å². The number of aromatic nitrogens is 2. The van der Waals surface area contributed by atoms with Crippen molar-refractivity contribution in [2.24, 2.45) is 5.73 Å². The van der Waals surface area contributed by atoms with Gasteiger partial charge in [0.05, 0.1) is 4.90 Å². The lowest BCUT2D eigenvalue weighted by Gasteiger charge is -2.09. The smallest absolute Gasteiger partial charge is 0.293 e. The van der Waals surface area contributed by atoms with Crippen LogP contribution in [-0.4, -0.2) is 35.7 Å². The highest BCUT2D eigenvalue weighted by atomic mass is 32.2. The van der Waals surface area contributed by atoms with Gasteiger partial charge in [-0.1, -0.05) is 6.07 Å². The molecular weight excluding hydrogens is 329 g/mol. The number of aromatic amines is 1. The van der Waals surface area contributed by atoms with Gasteiger partial charge in [-0.3, -0.25) is 9.59 Å². The first kappa shape index (κ1) is 16.6. The van der Waals surface area contributed by atoms with Crippen LogP contribution in [0.2, 0.25) is 0 Å². The molecule has 23 heavy (non-hydrogen) atoms. The maximum atomic E-state index is 13.3. The van der Waals surface area contributed by atoms with Gasteiger partial charge in [-0.15, -0.1) is 0 Å². The van der Waals surface area contributed by atoms with Crippen molar-refractivity contribution in [3.63, 3.8) is 0 Å². The fraction of sp³-hybridized carbons (Fsp3) is 0.154. The Morgan fingerprint density at radius 1 is 1.43 bits per heavy atom. The molecule has 1 amide bonds. The van der Waals surface area contributed by atoms with Gasteiger partial charge in [-0.05, 0) is 17.7 Å². The first-order valence-electron chi connectivity index (χ1n) is 6.20. The second-order valence-electron chi connectivity index (χ2n) is 4.78. The maximum absolute atomic E-state index is 13.3. The molecule has 0 atom stereocenters. The number of nitrogens with one attached hydrogen (secondary N) is 1. The van der Waals surface area contributed by atoms with Crippen LogP contribution >= 0.6 is 0 Å². The summed E-state index contributed by atoms with van der Waals surface area (Å²) >= 11 is 0. The van der Waals surface area contributed by atoms with E-state index in [1.54, 1.807) is 0 Å². The average molecular weight is 341 g/mol. The summed E-state index contributed by atoms with van der Waals surface area (Å²) in [6.45, 7) is 0. The summed E-state index contributed by atoms with van der Waals surface area (Å²) in [6, 6.07) is 3.12. The van der Waals surface area contributed by atoms with Crippen LogP contribution < -0.4 is 11.3 Å². The fourth-order valence-electron chi connectivity index (χ4n) is 1.97. The van der Waals surface area contributed by atoms with Crippen LogP contribution in [0.25, 0.3) is 0 Å². The monoisotopic (exact) mass is 341 g/mol. The van der Waals surface area contributed by atoms with Crippen molar-refractivity contribution >= 4 is 15.7 Å². The van der Waals surface area contributed by atoms with E-state index in [-0.39, 0.29) is 22.7 Å². The minimum Gasteiger partial charge on any atom is -0.501 e. The van der Waals surface area contributed by atoms with Gasteiger partial charge in [0.25, 0.3) is 11.5 Å². The van der Waals surface area contributed by atoms with E-state index < -0.39 is 38.6 Å². The Kier molecular flexibility index (Phi) is 4.19. The number of nitrogens with zero attached hydrogens (tertiary/aromatic N) is 1. The number of nitrogens with two attached hydrogens (primary N) is 1. The van der Waals surface area contributed by atoms with E-state index in [1.165, 1.54) is 6.07 Å². The average Bonchev–Trinajstić information content (AvgIpc) is 2.43. The van der Waals surface area contributed by atoms with Crippen LogP contribution in [0, 0.1) is 5.82 Å². The Balaban J connectivity index is 2.57. The molecule has 8 nitrogen and oxygen atoms in total. The Labute approximate surface area is 129 Å². The molecule has 122 valence electrons. The quantitative estimate of drug-likeness (QED) is 0.697. The topological polar surface area (TPSA) is 143 Å². The standard InChI is InChI=1S/C13H12FN3O5S/c1-23(21,22)8-5-7(14)3-2-6(8)4-9-16-10(12(15)19)11(18)13(20)17-9/h2-3,5,18H,4H2,1H3,(H2,15,19)(H,16,17,20). The SMILES string of the molecule is CS(=O)(=O)c1cc(F)ccc1Cc1nc(C(N)=O)c(O)c(=O)[nH]1. The Hall–Kier alpha value is -2.75. The molecule has 0 aliphatic rings. The summed E-state index contributed by atoms with van der Waals surface area (Å²) in [5, 5.41) is 9.43. The highest BCUT2D eigenvalue weighted by molar-refractivity contribution is 7.90. The number of primary amides is 1. The zero-order chi connectivity index (χ0) is 17.4. The van der Waals surface area contributed by atoms with E-state index in [9.17, 15) is 27.5 Å². The van der Waals surface area contributed by atoms with E-state index in [0.717, 1.165) is 18.4 Å². The molecule has 0 unspecified atom stereocenters. The van der Waals surface area contributed by atoms with Crippen LogP contribution in [0.15, 0.2) is 27.9 Å². The van der Waals surface area contributed by atoms with Crippen molar-refractivity contribution in [1.29, 1.82) is 0 Å². The van der Waals surface area contributed by atoms with Gasteiger partial charge in [-0.2, -0.15) is 0 Å². The number of carbonyl (C=O) groups is 1. The highest BCUT2D eigenvalue weighted by Crippen LogP contribution is 2.20. The number of aromatic hydroxyl groups is 1. The fourth-order valence-corrected chi connectivity index (χ4v) is 2.91.